The molecule has 0 spiro atoms. The van der Waals surface area contributed by atoms with E-state index in [-0.39, 0.29) is 101 Å². The van der Waals surface area contributed by atoms with Crippen molar-refractivity contribution in [1.82, 2.24) is 53.2 Å². The van der Waals surface area contributed by atoms with Crippen LogP contribution in [-0.4, -0.2) is 170 Å². The topological polar surface area (TPSA) is 361 Å². The minimum Gasteiger partial charge on any atom is -0.361 e. The largest absolute Gasteiger partial charge is 0.361 e. The van der Waals surface area contributed by atoms with Gasteiger partial charge in [0.2, 0.25) is 59.1 Å². The standard InChI is InChI=1S/C66H104N12O12S2/c1-41(2)33-49-59(81)69-39-55-47(73-61(83)45(25-15-17-29-67)71-57(79)27-13-7-19-31-91)37-54(89-55)66(88)78-52(36-44-23-11-6-12-24-44)64(86)76-50(34-42(3)4)60(82)70-40-56-48(74-62(84)46(26-16-18-30-68)72-58(80)28-14-8-20-32-92)38-53(90-56)65(87)77-51(63(85)75-49)35-43-21-9-5-10-22-43/h5-6,9-12,21-24,41-42,45-56,91-92H,7-8,13-20,25-40,67-68H2,1-4H3,(H,69,81)(H,70,82)(H,71,79)(H,72,80)(H,73,83)(H,74,84)(H,75,85)(H,76,86)(H,77,87)(H,78,88)/t45-,46-,47-,48-,49-,50-,51-,52-,53-,54-,55+,56+/m0/s1. The van der Waals surface area contributed by atoms with Gasteiger partial charge in [0.25, 0.3) is 0 Å². The van der Waals surface area contributed by atoms with Crippen LogP contribution in [-0.2, 0) is 70.3 Å². The predicted octanol–water partition coefficient (Wildman–Crippen LogP) is 2.24. The highest BCUT2D eigenvalue weighted by Crippen LogP contribution is 2.25. The molecule has 26 heteroatoms. The monoisotopic (exact) mass is 1320 g/mol. The van der Waals surface area contributed by atoms with Crippen LogP contribution < -0.4 is 64.6 Å². The summed E-state index contributed by atoms with van der Waals surface area (Å²) in [6.45, 7) is 7.69. The van der Waals surface area contributed by atoms with Crippen molar-refractivity contribution in [2.45, 2.75) is 229 Å². The summed E-state index contributed by atoms with van der Waals surface area (Å²) in [5, 5.41) is 29.1. The first kappa shape index (κ1) is 76.4. The van der Waals surface area contributed by atoms with Gasteiger partial charge in [-0.15, -0.1) is 0 Å². The van der Waals surface area contributed by atoms with Crippen molar-refractivity contribution in [3.63, 3.8) is 0 Å². The molecule has 92 heavy (non-hydrogen) atoms. The molecule has 5 rings (SSSR count). The van der Waals surface area contributed by atoms with Crippen LogP contribution >= 0.6 is 25.3 Å². The molecule has 3 aliphatic rings. The van der Waals surface area contributed by atoms with E-state index in [9.17, 15) is 47.9 Å². The number of fused-ring (bicyclic) bond motifs is 4. The van der Waals surface area contributed by atoms with Crippen molar-refractivity contribution in [3.8, 4) is 0 Å². The van der Waals surface area contributed by atoms with Gasteiger partial charge in [-0.25, -0.2) is 0 Å². The summed E-state index contributed by atoms with van der Waals surface area (Å²) in [6.07, 6.45) is 2.90. The van der Waals surface area contributed by atoms with Crippen LogP contribution in [0, 0.1) is 11.8 Å². The smallest absolute Gasteiger partial charge is 0.249 e. The van der Waals surface area contributed by atoms with Gasteiger partial charge < -0.3 is 74.1 Å². The highest BCUT2D eigenvalue weighted by molar-refractivity contribution is 7.80. The molecule has 0 unspecified atom stereocenters. The van der Waals surface area contributed by atoms with E-state index in [4.69, 9.17) is 20.9 Å². The fraction of sp³-hybridized carbons (Fsp3) is 0.667. The van der Waals surface area contributed by atoms with Crippen LogP contribution in [0.2, 0.25) is 0 Å². The van der Waals surface area contributed by atoms with Crippen molar-refractivity contribution < 1.29 is 57.4 Å². The Kier molecular flexibility index (Phi) is 34.4. The van der Waals surface area contributed by atoms with Gasteiger partial charge in [-0.2, -0.15) is 25.3 Å². The average Bonchev–Trinajstić information content (AvgIpc) is 1.75. The molecule has 512 valence electrons. The van der Waals surface area contributed by atoms with Gasteiger partial charge in [0, 0.05) is 51.6 Å². The highest BCUT2D eigenvalue weighted by atomic mass is 32.1. The van der Waals surface area contributed by atoms with Gasteiger partial charge >= 0.3 is 0 Å². The Morgan fingerprint density at radius 2 is 0.859 bits per heavy atom. The molecule has 4 bridgehead atoms. The van der Waals surface area contributed by atoms with E-state index in [0.29, 0.717) is 74.2 Å². The predicted molar refractivity (Wildman–Crippen MR) is 358 cm³/mol. The van der Waals surface area contributed by atoms with E-state index >= 15 is 0 Å². The lowest BCUT2D eigenvalue weighted by molar-refractivity contribution is -0.138. The zero-order valence-corrected chi connectivity index (χ0v) is 56.0. The van der Waals surface area contributed by atoms with Crippen molar-refractivity contribution >= 4 is 84.3 Å². The summed E-state index contributed by atoms with van der Waals surface area (Å²) in [5.41, 5.74) is 13.0. The Bertz CT molecular complexity index is 2490. The number of carbonyl (C=O) groups is 10. The number of hydrogen-bond donors (Lipinski definition) is 14. The third-order valence-electron chi connectivity index (χ3n) is 16.5. The summed E-state index contributed by atoms with van der Waals surface area (Å²) in [6, 6.07) is 9.18. The van der Waals surface area contributed by atoms with Crippen LogP contribution in [0.15, 0.2) is 60.7 Å². The molecule has 0 saturated carbocycles. The number of benzene rings is 2. The average molecular weight is 1320 g/mol. The molecule has 2 aromatic rings. The number of hydrogen-bond acceptors (Lipinski definition) is 16. The van der Waals surface area contributed by atoms with E-state index in [2.05, 4.69) is 78.4 Å². The van der Waals surface area contributed by atoms with Crippen molar-refractivity contribution in [2.75, 3.05) is 37.7 Å². The Labute approximate surface area is 554 Å². The minimum absolute atomic E-state index is 0.0146. The Hall–Kier alpha value is -6.32. The lowest BCUT2D eigenvalue weighted by Gasteiger charge is -2.27. The van der Waals surface area contributed by atoms with Gasteiger partial charge in [-0.3, -0.25) is 47.9 Å². The van der Waals surface area contributed by atoms with E-state index in [0.717, 1.165) is 25.7 Å². The molecule has 3 aliphatic heterocycles. The number of thiol groups is 2. The van der Waals surface area contributed by atoms with Gasteiger partial charge in [0.15, 0.2) is 0 Å². The first-order chi connectivity index (χ1) is 44.2. The second kappa shape index (κ2) is 41.4. The van der Waals surface area contributed by atoms with Crippen molar-refractivity contribution in [2.24, 2.45) is 23.3 Å². The summed E-state index contributed by atoms with van der Waals surface area (Å²) in [7, 11) is 0. The number of nitrogens with two attached hydrogens (primary N) is 2. The normalized spacial score (nSPS) is 24.2. The Balaban J connectivity index is 1.54. The molecule has 0 radical (unpaired) electrons. The lowest BCUT2D eigenvalue weighted by atomic mass is 10.00. The number of nitrogens with one attached hydrogen (secondary N) is 10. The first-order valence-electron chi connectivity index (χ1n) is 33.2. The summed E-state index contributed by atoms with van der Waals surface area (Å²) >= 11 is 8.54. The van der Waals surface area contributed by atoms with Gasteiger partial charge in [0.1, 0.15) is 48.5 Å². The molecule has 12 atom stereocenters. The maximum atomic E-state index is 14.8. The van der Waals surface area contributed by atoms with Gasteiger partial charge in [-0.1, -0.05) is 101 Å². The fourth-order valence-electron chi connectivity index (χ4n) is 11.5. The minimum atomic E-state index is -1.30. The quantitative estimate of drug-likeness (QED) is 0.0369. The molecular formula is C66H104N12O12S2. The highest BCUT2D eigenvalue weighted by Gasteiger charge is 2.45. The molecule has 3 saturated heterocycles. The number of amides is 10. The molecular weight excluding hydrogens is 1220 g/mol. The van der Waals surface area contributed by atoms with E-state index < -0.39 is 120 Å². The molecule has 24 nitrogen and oxygen atoms in total. The fourth-order valence-corrected chi connectivity index (χ4v) is 12.0. The van der Waals surface area contributed by atoms with Crippen LogP contribution in [0.5, 0.6) is 0 Å². The summed E-state index contributed by atoms with van der Waals surface area (Å²) in [5.74, 6) is -4.70. The zero-order chi connectivity index (χ0) is 67.0. The SMILES string of the molecule is CC(C)C[C@@H]1NC(=O)[C@H](Cc2ccccc2)NC(=O)[C@@H]2C[C@H](NC(=O)[C@H](CCCCN)NC(=O)CCCCCS)[C@@H](CNC(=O)[C@H](CC(C)C)NC(=O)[C@H](Cc3ccccc3)NC(=O)[C@@H]3C[C@H](NC(=O)[C@H](CCCCN)NC(=O)CCCCCS)[C@@H](CNC1=O)O3)O2. The van der Waals surface area contributed by atoms with E-state index in [1.165, 1.54) is 0 Å². The molecule has 0 aliphatic carbocycles. The second-order valence-electron chi connectivity index (χ2n) is 25.3. The second-order valence-corrected chi connectivity index (χ2v) is 26.2. The van der Waals surface area contributed by atoms with Gasteiger partial charge in [0.05, 0.1) is 24.3 Å². The summed E-state index contributed by atoms with van der Waals surface area (Å²) in [4.78, 5) is 143. The van der Waals surface area contributed by atoms with Crippen LogP contribution in [0.25, 0.3) is 0 Å². The molecule has 10 amide bonds. The van der Waals surface area contributed by atoms with E-state index in [1.54, 1.807) is 60.7 Å². The first-order valence-corrected chi connectivity index (χ1v) is 34.5. The third kappa shape index (κ3) is 27.0. The van der Waals surface area contributed by atoms with Crippen LogP contribution in [0.1, 0.15) is 154 Å². The lowest BCUT2D eigenvalue weighted by Crippen LogP contribution is -2.57. The molecule has 14 N–H and O–H groups in total. The van der Waals surface area contributed by atoms with Gasteiger partial charge in [-0.05, 0) is 125 Å². The zero-order valence-electron chi connectivity index (χ0n) is 54.2. The molecule has 0 aromatic heterocycles. The molecule has 3 fully saturated rings. The molecule has 2 aromatic carbocycles. The van der Waals surface area contributed by atoms with Crippen LogP contribution in [0.3, 0.4) is 0 Å². The van der Waals surface area contributed by atoms with Crippen LogP contribution in [0.4, 0.5) is 0 Å². The molecule has 3 heterocycles. The summed E-state index contributed by atoms with van der Waals surface area (Å²) < 4.78 is 12.9. The van der Waals surface area contributed by atoms with Crippen molar-refractivity contribution in [3.05, 3.63) is 71.8 Å². The number of carbonyl (C=O) groups excluding carboxylic acids is 10. The Morgan fingerprint density at radius 1 is 0.489 bits per heavy atom. The third-order valence-corrected chi connectivity index (χ3v) is 17.2. The van der Waals surface area contributed by atoms with Crippen molar-refractivity contribution in [1.29, 1.82) is 0 Å². The Morgan fingerprint density at radius 3 is 1.21 bits per heavy atom. The number of unbranched alkanes of at least 4 members (excludes halogenated alkanes) is 6. The van der Waals surface area contributed by atoms with E-state index in [1.807, 2.05) is 27.7 Å². The maximum Gasteiger partial charge on any atom is 0.249 e. The number of ether oxygens (including phenoxy) is 2. The maximum absolute atomic E-state index is 14.8. The number of rotatable bonds is 32.